The van der Waals surface area contributed by atoms with Crippen molar-refractivity contribution < 1.29 is 32.2 Å². The summed E-state index contributed by atoms with van der Waals surface area (Å²) in [4.78, 5) is 24.3. The minimum absolute atomic E-state index is 0.00534. The molecule has 2 aromatic rings. The number of amides is 2. The van der Waals surface area contributed by atoms with Crippen molar-refractivity contribution in [1.29, 1.82) is 0 Å². The van der Waals surface area contributed by atoms with E-state index < -0.39 is 28.6 Å². The lowest BCUT2D eigenvalue weighted by molar-refractivity contribution is -0.122. The van der Waals surface area contributed by atoms with Crippen LogP contribution in [0, 0.1) is 6.92 Å². The van der Waals surface area contributed by atoms with Crippen LogP contribution in [0.2, 0.25) is 0 Å². The first-order valence-corrected chi connectivity index (χ1v) is 11.4. The molecular weight excluding hydrogens is 438 g/mol. The van der Waals surface area contributed by atoms with Crippen LogP contribution >= 0.6 is 0 Å². The Morgan fingerprint density at radius 1 is 1.16 bits per heavy atom. The van der Waals surface area contributed by atoms with E-state index in [1.807, 2.05) is 0 Å². The minimum Gasteiger partial charge on any atom is -0.486 e. The number of aryl methyl sites for hydroxylation is 1. The van der Waals surface area contributed by atoms with Crippen LogP contribution in [-0.4, -0.2) is 57.4 Å². The zero-order valence-corrected chi connectivity index (χ0v) is 18.6. The lowest BCUT2D eigenvalue weighted by Gasteiger charge is -2.25. The molecule has 2 aromatic carbocycles. The molecule has 4 rings (SSSR count). The number of nitrogens with zero attached hydrogens (tertiary/aromatic N) is 1. The minimum atomic E-state index is -4.00. The summed E-state index contributed by atoms with van der Waals surface area (Å²) in [5.74, 6) is 0.543. The fourth-order valence-electron chi connectivity index (χ4n) is 3.40. The molecule has 10 nitrogen and oxygen atoms in total. The van der Waals surface area contributed by atoms with Crippen LogP contribution in [0.3, 0.4) is 0 Å². The molecule has 11 heteroatoms. The average molecular weight is 461 g/mol. The summed E-state index contributed by atoms with van der Waals surface area (Å²) < 4.78 is 43.7. The zero-order chi connectivity index (χ0) is 23.0. The number of likely N-dealkylation sites (N-methyl/N-ethyl adjacent to an activating group) is 1. The summed E-state index contributed by atoms with van der Waals surface area (Å²) in [6, 6.07) is 7.86. The van der Waals surface area contributed by atoms with Gasteiger partial charge in [0.25, 0.3) is 5.91 Å². The number of ether oxygens (including phenoxy) is 3. The molecule has 2 aliphatic heterocycles. The Kier molecular flexibility index (Phi) is 5.70. The van der Waals surface area contributed by atoms with Crippen molar-refractivity contribution >= 4 is 33.2 Å². The Labute approximate surface area is 185 Å². The number of hydrogen-bond acceptors (Lipinski definition) is 7. The van der Waals surface area contributed by atoms with Crippen molar-refractivity contribution in [3.05, 3.63) is 35.9 Å². The van der Waals surface area contributed by atoms with Gasteiger partial charge < -0.3 is 24.8 Å². The highest BCUT2D eigenvalue weighted by Gasteiger charge is 2.30. The van der Waals surface area contributed by atoms with E-state index >= 15 is 0 Å². The first kappa shape index (κ1) is 21.9. The second kappa shape index (κ2) is 8.32. The normalized spacial score (nSPS) is 17.2. The van der Waals surface area contributed by atoms with E-state index in [4.69, 9.17) is 14.2 Å². The maximum atomic E-state index is 13.1. The van der Waals surface area contributed by atoms with Crippen LogP contribution < -0.4 is 24.8 Å². The van der Waals surface area contributed by atoms with E-state index in [0.29, 0.717) is 41.7 Å². The number of carbonyl (C=O) groups excluding carboxylic acids is 2. The van der Waals surface area contributed by atoms with Gasteiger partial charge in [0.15, 0.2) is 17.6 Å². The van der Waals surface area contributed by atoms with Gasteiger partial charge in [-0.1, -0.05) is 0 Å². The van der Waals surface area contributed by atoms with E-state index in [0.717, 1.165) is 4.31 Å². The first-order chi connectivity index (χ1) is 15.1. The molecule has 0 saturated carbocycles. The SMILES string of the molecule is Cc1cc2c(cc1S(=O)(=O)N(C)CC(=O)Nc1ccc3c(c1)OCCO3)O[C@@H](C)C(=O)N2. The van der Waals surface area contributed by atoms with E-state index in [-0.39, 0.29) is 16.6 Å². The topological polar surface area (TPSA) is 123 Å². The molecule has 0 bridgehead atoms. The average Bonchev–Trinajstić information content (AvgIpc) is 2.74. The molecule has 0 spiro atoms. The van der Waals surface area contributed by atoms with E-state index in [9.17, 15) is 18.0 Å². The molecular formula is C21H23N3O7S. The Hall–Kier alpha value is -3.31. The van der Waals surface area contributed by atoms with Crippen molar-refractivity contribution in [1.82, 2.24) is 4.31 Å². The predicted molar refractivity (Wildman–Crippen MR) is 116 cm³/mol. The highest BCUT2D eigenvalue weighted by atomic mass is 32.2. The van der Waals surface area contributed by atoms with Crippen molar-refractivity contribution in [2.24, 2.45) is 0 Å². The van der Waals surface area contributed by atoms with Crippen molar-refractivity contribution in [3.8, 4) is 17.2 Å². The number of benzene rings is 2. The van der Waals surface area contributed by atoms with Crippen molar-refractivity contribution in [2.45, 2.75) is 24.8 Å². The quantitative estimate of drug-likeness (QED) is 0.695. The highest BCUT2D eigenvalue weighted by molar-refractivity contribution is 7.89. The van der Waals surface area contributed by atoms with Crippen LogP contribution in [0.4, 0.5) is 11.4 Å². The summed E-state index contributed by atoms with van der Waals surface area (Å²) in [6.45, 7) is 3.65. The Morgan fingerprint density at radius 2 is 1.88 bits per heavy atom. The van der Waals surface area contributed by atoms with Gasteiger partial charge >= 0.3 is 0 Å². The lowest BCUT2D eigenvalue weighted by atomic mass is 10.1. The summed E-state index contributed by atoms with van der Waals surface area (Å²) in [6.07, 6.45) is -0.740. The van der Waals surface area contributed by atoms with Crippen LogP contribution in [0.25, 0.3) is 0 Å². The monoisotopic (exact) mass is 461 g/mol. The van der Waals surface area contributed by atoms with Crippen molar-refractivity contribution in [2.75, 3.05) is 37.4 Å². The first-order valence-electron chi connectivity index (χ1n) is 9.93. The number of carbonyl (C=O) groups is 2. The lowest BCUT2D eigenvalue weighted by Crippen LogP contribution is -2.36. The Bertz CT molecular complexity index is 1200. The number of anilines is 2. The summed E-state index contributed by atoms with van der Waals surface area (Å²) >= 11 is 0. The van der Waals surface area contributed by atoms with Crippen LogP contribution in [-0.2, 0) is 19.6 Å². The standard InChI is InChI=1S/C21H23N3O7S/c1-12-8-15-17(31-13(2)21(26)23-15)10-19(12)32(27,28)24(3)11-20(25)22-14-4-5-16-18(9-14)30-7-6-29-16/h4-5,8-10,13H,6-7,11H2,1-3H3,(H,22,25)(H,23,26)/t13-/m0/s1. The fraction of sp³-hybridized carbons (Fsp3) is 0.333. The van der Waals surface area contributed by atoms with Gasteiger partial charge in [0.05, 0.1) is 17.1 Å². The summed E-state index contributed by atoms with van der Waals surface area (Å²) in [7, 11) is -2.68. The molecule has 0 aromatic heterocycles. The second-order valence-electron chi connectivity index (χ2n) is 7.53. The van der Waals surface area contributed by atoms with Gasteiger partial charge in [0, 0.05) is 24.9 Å². The number of sulfonamides is 1. The molecule has 0 unspecified atom stereocenters. The molecule has 2 N–H and O–H groups in total. The van der Waals surface area contributed by atoms with E-state index in [2.05, 4.69) is 10.6 Å². The van der Waals surface area contributed by atoms with Gasteiger partial charge in [-0.2, -0.15) is 4.31 Å². The Morgan fingerprint density at radius 3 is 2.62 bits per heavy atom. The maximum Gasteiger partial charge on any atom is 0.265 e. The molecule has 2 aliphatic rings. The molecule has 0 radical (unpaired) electrons. The summed E-state index contributed by atoms with van der Waals surface area (Å²) in [5.41, 5.74) is 1.29. The third kappa shape index (κ3) is 4.21. The molecule has 0 fully saturated rings. The molecule has 32 heavy (non-hydrogen) atoms. The van der Waals surface area contributed by atoms with Gasteiger partial charge in [0.1, 0.15) is 19.0 Å². The molecule has 0 aliphatic carbocycles. The number of hydrogen-bond donors (Lipinski definition) is 2. The number of nitrogens with one attached hydrogen (secondary N) is 2. The van der Waals surface area contributed by atoms with E-state index in [1.54, 1.807) is 32.0 Å². The third-order valence-corrected chi connectivity index (χ3v) is 7.03. The largest absolute Gasteiger partial charge is 0.486 e. The van der Waals surface area contributed by atoms with Gasteiger partial charge in [-0.25, -0.2) is 8.42 Å². The zero-order valence-electron chi connectivity index (χ0n) is 17.8. The predicted octanol–water partition coefficient (Wildman–Crippen LogP) is 1.74. The summed E-state index contributed by atoms with van der Waals surface area (Å²) in [5, 5.41) is 5.35. The maximum absolute atomic E-state index is 13.1. The Balaban J connectivity index is 1.49. The van der Waals surface area contributed by atoms with Gasteiger partial charge in [-0.15, -0.1) is 0 Å². The molecule has 170 valence electrons. The van der Waals surface area contributed by atoms with Gasteiger partial charge in [-0.05, 0) is 37.6 Å². The van der Waals surface area contributed by atoms with Gasteiger partial charge in [0.2, 0.25) is 15.9 Å². The third-order valence-electron chi connectivity index (χ3n) is 5.09. The number of rotatable bonds is 5. The molecule has 2 heterocycles. The molecule has 0 saturated heterocycles. The fourth-order valence-corrected chi connectivity index (χ4v) is 4.74. The number of fused-ring (bicyclic) bond motifs is 2. The van der Waals surface area contributed by atoms with Crippen LogP contribution in [0.15, 0.2) is 35.2 Å². The van der Waals surface area contributed by atoms with Crippen molar-refractivity contribution in [3.63, 3.8) is 0 Å². The highest BCUT2D eigenvalue weighted by Crippen LogP contribution is 2.35. The smallest absolute Gasteiger partial charge is 0.265 e. The van der Waals surface area contributed by atoms with Gasteiger partial charge in [-0.3, -0.25) is 9.59 Å². The second-order valence-corrected chi connectivity index (χ2v) is 9.54. The van der Waals surface area contributed by atoms with Crippen LogP contribution in [0.1, 0.15) is 12.5 Å². The molecule has 1 atom stereocenters. The van der Waals surface area contributed by atoms with Crippen LogP contribution in [0.5, 0.6) is 17.2 Å². The van der Waals surface area contributed by atoms with E-state index in [1.165, 1.54) is 19.2 Å². The molecule has 2 amide bonds.